The van der Waals surface area contributed by atoms with Gasteiger partial charge in [-0.2, -0.15) is 0 Å². The third kappa shape index (κ3) is 4.35. The van der Waals surface area contributed by atoms with E-state index >= 15 is 0 Å². The first-order valence-corrected chi connectivity index (χ1v) is 5.68. The smallest absolute Gasteiger partial charge is 0.326 e. The summed E-state index contributed by atoms with van der Waals surface area (Å²) in [6.45, 7) is 2.02. The van der Waals surface area contributed by atoms with Crippen LogP contribution in [0, 0.1) is 0 Å². The van der Waals surface area contributed by atoms with Gasteiger partial charge < -0.3 is 20.3 Å². The first-order valence-electron chi connectivity index (χ1n) is 5.68. The van der Waals surface area contributed by atoms with E-state index in [1.165, 1.54) is 6.92 Å². The minimum atomic E-state index is -1.38. The molecule has 0 fully saturated rings. The highest BCUT2D eigenvalue weighted by atomic mass is 16.5. The van der Waals surface area contributed by atoms with Crippen molar-refractivity contribution in [2.45, 2.75) is 18.9 Å². The zero-order valence-electron chi connectivity index (χ0n) is 10.7. The normalized spacial score (nSPS) is 13.9. The molecule has 0 aliphatic heterocycles. The molecule has 18 heavy (non-hydrogen) atoms. The fourth-order valence-electron chi connectivity index (χ4n) is 1.27. The highest BCUT2D eigenvalue weighted by Crippen LogP contribution is 2.14. The number of benzene rings is 1. The summed E-state index contributed by atoms with van der Waals surface area (Å²) in [5.74, 6) is -0.478. The molecule has 3 N–H and O–H groups in total. The maximum atomic E-state index is 10.8. The van der Waals surface area contributed by atoms with Crippen LogP contribution in [-0.4, -0.2) is 36.9 Å². The molecule has 0 heterocycles. The van der Waals surface area contributed by atoms with Gasteiger partial charge in [-0.15, -0.1) is 0 Å². The predicted molar refractivity (Wildman–Crippen MR) is 67.7 cm³/mol. The van der Waals surface area contributed by atoms with Gasteiger partial charge in [0.25, 0.3) is 0 Å². The summed E-state index contributed by atoms with van der Waals surface area (Å²) < 4.78 is 10.3. The molecule has 0 radical (unpaired) electrons. The average Bonchev–Trinajstić information content (AvgIpc) is 2.35. The van der Waals surface area contributed by atoms with Crippen LogP contribution < -0.4 is 10.5 Å². The number of nitrogens with two attached hydrogens (primary N) is 1. The number of rotatable bonds is 7. The molecule has 100 valence electrons. The SMILES string of the molecule is COCCc1ccc(OCC(C)(N)C(=O)O)cc1. The van der Waals surface area contributed by atoms with E-state index < -0.39 is 11.5 Å². The fraction of sp³-hybridized carbons (Fsp3) is 0.462. The van der Waals surface area contributed by atoms with Crippen molar-refractivity contribution in [2.75, 3.05) is 20.3 Å². The van der Waals surface area contributed by atoms with Gasteiger partial charge in [-0.25, -0.2) is 0 Å². The van der Waals surface area contributed by atoms with Gasteiger partial charge in [0, 0.05) is 7.11 Å². The van der Waals surface area contributed by atoms with E-state index in [0.29, 0.717) is 12.4 Å². The third-order valence-electron chi connectivity index (χ3n) is 2.55. The molecule has 0 aliphatic carbocycles. The monoisotopic (exact) mass is 253 g/mol. The minimum absolute atomic E-state index is 0.0697. The lowest BCUT2D eigenvalue weighted by molar-refractivity contribution is -0.143. The number of carbonyl (C=O) groups is 1. The van der Waals surface area contributed by atoms with Crippen LogP contribution in [0.1, 0.15) is 12.5 Å². The van der Waals surface area contributed by atoms with Gasteiger partial charge in [-0.1, -0.05) is 12.1 Å². The second-order valence-corrected chi connectivity index (χ2v) is 4.40. The van der Waals surface area contributed by atoms with Crippen molar-refractivity contribution in [3.8, 4) is 5.75 Å². The molecule has 5 nitrogen and oxygen atoms in total. The number of hydrogen-bond acceptors (Lipinski definition) is 4. The molecular formula is C13H19NO4. The largest absolute Gasteiger partial charge is 0.491 e. The Morgan fingerprint density at radius 2 is 2.00 bits per heavy atom. The van der Waals surface area contributed by atoms with E-state index in [1.54, 1.807) is 19.2 Å². The molecule has 0 amide bonds. The van der Waals surface area contributed by atoms with Crippen molar-refractivity contribution in [3.05, 3.63) is 29.8 Å². The van der Waals surface area contributed by atoms with E-state index in [1.807, 2.05) is 12.1 Å². The van der Waals surface area contributed by atoms with E-state index in [2.05, 4.69) is 0 Å². The van der Waals surface area contributed by atoms with E-state index in [0.717, 1.165) is 12.0 Å². The Morgan fingerprint density at radius 1 is 1.39 bits per heavy atom. The van der Waals surface area contributed by atoms with Crippen molar-refractivity contribution in [1.82, 2.24) is 0 Å². The van der Waals surface area contributed by atoms with Crippen molar-refractivity contribution < 1.29 is 19.4 Å². The Bertz CT molecular complexity index is 386. The molecule has 1 aromatic carbocycles. The molecule has 0 aromatic heterocycles. The van der Waals surface area contributed by atoms with Crippen LogP contribution >= 0.6 is 0 Å². The minimum Gasteiger partial charge on any atom is -0.491 e. The maximum Gasteiger partial charge on any atom is 0.326 e. The molecule has 0 bridgehead atoms. The standard InChI is InChI=1S/C13H19NO4/c1-13(14,12(15)16)9-18-11-5-3-10(4-6-11)7-8-17-2/h3-6H,7-9,14H2,1-2H3,(H,15,16). The lowest BCUT2D eigenvalue weighted by Gasteiger charge is -2.19. The Balaban J connectivity index is 2.51. The Labute approximate surface area is 107 Å². The lowest BCUT2D eigenvalue weighted by atomic mass is 10.1. The number of hydrogen-bond donors (Lipinski definition) is 2. The molecule has 0 saturated carbocycles. The van der Waals surface area contributed by atoms with Crippen molar-refractivity contribution in [1.29, 1.82) is 0 Å². The molecule has 1 unspecified atom stereocenters. The summed E-state index contributed by atoms with van der Waals surface area (Å²) in [5, 5.41) is 8.84. The van der Waals surface area contributed by atoms with Gasteiger partial charge in [0.15, 0.2) is 0 Å². The molecule has 5 heteroatoms. The second-order valence-electron chi connectivity index (χ2n) is 4.40. The van der Waals surface area contributed by atoms with Crippen molar-refractivity contribution in [3.63, 3.8) is 0 Å². The summed E-state index contributed by atoms with van der Waals surface area (Å²) in [6, 6.07) is 7.43. The number of carboxylic acids is 1. The first-order chi connectivity index (χ1) is 8.45. The highest BCUT2D eigenvalue weighted by Gasteiger charge is 2.28. The Kier molecular flexibility index (Phi) is 5.12. The van der Waals surface area contributed by atoms with Gasteiger partial charge >= 0.3 is 5.97 Å². The summed E-state index contributed by atoms with van der Waals surface area (Å²) in [6.07, 6.45) is 0.834. The van der Waals surface area contributed by atoms with Gasteiger partial charge in [0.2, 0.25) is 0 Å². The molecule has 0 spiro atoms. The van der Waals surface area contributed by atoms with Gasteiger partial charge in [0.1, 0.15) is 17.9 Å². The van der Waals surface area contributed by atoms with Crippen LogP contribution in [0.4, 0.5) is 0 Å². The van der Waals surface area contributed by atoms with E-state index in [-0.39, 0.29) is 6.61 Å². The average molecular weight is 253 g/mol. The number of methoxy groups -OCH3 is 1. The van der Waals surface area contributed by atoms with Crippen molar-refractivity contribution >= 4 is 5.97 Å². The second kappa shape index (κ2) is 6.37. The Hall–Kier alpha value is -1.59. The summed E-state index contributed by atoms with van der Waals surface area (Å²) in [4.78, 5) is 10.8. The molecule has 1 atom stereocenters. The zero-order chi connectivity index (χ0) is 13.6. The summed E-state index contributed by atoms with van der Waals surface area (Å²) in [7, 11) is 1.66. The quantitative estimate of drug-likeness (QED) is 0.759. The van der Waals surface area contributed by atoms with Crippen LogP contribution in [0.3, 0.4) is 0 Å². The summed E-state index contributed by atoms with van der Waals surface area (Å²) >= 11 is 0. The molecule has 0 saturated heterocycles. The molecule has 1 rings (SSSR count). The molecular weight excluding hydrogens is 234 g/mol. The number of ether oxygens (including phenoxy) is 2. The lowest BCUT2D eigenvalue weighted by Crippen LogP contribution is -2.49. The van der Waals surface area contributed by atoms with Crippen LogP contribution in [0.25, 0.3) is 0 Å². The maximum absolute atomic E-state index is 10.8. The third-order valence-corrected chi connectivity index (χ3v) is 2.55. The van der Waals surface area contributed by atoms with Gasteiger partial charge in [-0.05, 0) is 31.0 Å². The van der Waals surface area contributed by atoms with Crippen LogP contribution in [0.15, 0.2) is 24.3 Å². The highest BCUT2D eigenvalue weighted by molar-refractivity contribution is 5.78. The first kappa shape index (κ1) is 14.5. The van der Waals surface area contributed by atoms with Crippen LogP contribution in [0.5, 0.6) is 5.75 Å². The summed E-state index contributed by atoms with van der Waals surface area (Å²) in [5.41, 5.74) is 5.32. The zero-order valence-corrected chi connectivity index (χ0v) is 10.7. The van der Waals surface area contributed by atoms with Crippen molar-refractivity contribution in [2.24, 2.45) is 5.73 Å². The topological polar surface area (TPSA) is 81.8 Å². The predicted octanol–water partition coefficient (Wildman–Crippen LogP) is 1.06. The Morgan fingerprint density at radius 3 is 2.50 bits per heavy atom. The molecule has 1 aromatic rings. The molecule has 0 aliphatic rings. The van der Waals surface area contributed by atoms with E-state index in [4.69, 9.17) is 20.3 Å². The number of carboxylic acid groups (broad SMARTS) is 1. The van der Waals surface area contributed by atoms with Crippen LogP contribution in [0.2, 0.25) is 0 Å². The van der Waals surface area contributed by atoms with Gasteiger partial charge in [0.05, 0.1) is 6.61 Å². The van der Waals surface area contributed by atoms with E-state index in [9.17, 15) is 4.79 Å². The van der Waals surface area contributed by atoms with Gasteiger partial charge in [-0.3, -0.25) is 4.79 Å². The fourth-order valence-corrected chi connectivity index (χ4v) is 1.27. The number of aliphatic carboxylic acids is 1. The van der Waals surface area contributed by atoms with Crippen LogP contribution in [-0.2, 0) is 16.0 Å².